The minimum atomic E-state index is -0.0954. The summed E-state index contributed by atoms with van der Waals surface area (Å²) in [5.74, 6) is -0.0954. The predicted molar refractivity (Wildman–Crippen MR) is 82.0 cm³/mol. The Morgan fingerprint density at radius 3 is 3.05 bits per heavy atom. The number of benzene rings is 1. The topological polar surface area (TPSA) is 88.7 Å². The van der Waals surface area contributed by atoms with Gasteiger partial charge < -0.3 is 16.0 Å². The van der Waals surface area contributed by atoms with E-state index in [1.165, 1.54) is 0 Å². The van der Waals surface area contributed by atoms with Crippen molar-refractivity contribution in [2.24, 2.45) is 7.05 Å². The minimum absolute atomic E-state index is 0.0954. The van der Waals surface area contributed by atoms with Crippen molar-refractivity contribution in [3.63, 3.8) is 0 Å². The van der Waals surface area contributed by atoms with Gasteiger partial charge in [-0.1, -0.05) is 0 Å². The lowest BCUT2D eigenvalue weighted by Gasteiger charge is -2.03. The molecule has 0 saturated carbocycles. The van der Waals surface area contributed by atoms with Crippen molar-refractivity contribution in [2.45, 2.75) is 6.42 Å². The molecule has 108 valence electrons. The van der Waals surface area contributed by atoms with Crippen LogP contribution in [-0.4, -0.2) is 27.2 Å². The number of rotatable bonds is 4. The summed E-state index contributed by atoms with van der Waals surface area (Å²) < 4.78 is 1.75. The fraction of sp³-hybridized carbons (Fsp3) is 0.200. The number of hydrogen-bond acceptors (Lipinski definition) is 3. The van der Waals surface area contributed by atoms with Gasteiger partial charge in [-0.05, 0) is 24.3 Å². The van der Waals surface area contributed by atoms with Crippen LogP contribution in [0.5, 0.6) is 0 Å². The average molecular weight is 283 g/mol. The van der Waals surface area contributed by atoms with Crippen LogP contribution in [0.3, 0.4) is 0 Å². The molecule has 4 N–H and O–H groups in total. The van der Waals surface area contributed by atoms with Crippen LogP contribution in [0.1, 0.15) is 16.1 Å². The summed E-state index contributed by atoms with van der Waals surface area (Å²) in [6, 6.07) is 7.41. The van der Waals surface area contributed by atoms with Crippen molar-refractivity contribution in [3.8, 4) is 0 Å². The molecule has 21 heavy (non-hydrogen) atoms. The van der Waals surface area contributed by atoms with Gasteiger partial charge in [0, 0.05) is 49.0 Å². The molecular formula is C15H17N5O. The van der Waals surface area contributed by atoms with Crippen LogP contribution in [0.15, 0.2) is 36.7 Å². The third-order valence-electron chi connectivity index (χ3n) is 3.39. The summed E-state index contributed by atoms with van der Waals surface area (Å²) in [4.78, 5) is 15.3. The molecule has 1 aromatic carbocycles. The number of carbonyl (C=O) groups excluding carboxylic acids is 1. The molecule has 0 unspecified atom stereocenters. The van der Waals surface area contributed by atoms with E-state index < -0.39 is 0 Å². The summed E-state index contributed by atoms with van der Waals surface area (Å²) in [5, 5.41) is 8.06. The zero-order valence-corrected chi connectivity index (χ0v) is 11.8. The van der Waals surface area contributed by atoms with Gasteiger partial charge in [0.05, 0.1) is 11.3 Å². The SMILES string of the molecule is Cn1ccc(CCNC(=O)c2c[nH]c3cc(N)ccc23)n1. The van der Waals surface area contributed by atoms with E-state index in [-0.39, 0.29) is 5.91 Å². The molecule has 0 atom stereocenters. The molecule has 0 aliphatic carbocycles. The van der Waals surface area contributed by atoms with Gasteiger partial charge >= 0.3 is 0 Å². The number of carbonyl (C=O) groups is 1. The van der Waals surface area contributed by atoms with Gasteiger partial charge in [-0.2, -0.15) is 5.10 Å². The zero-order chi connectivity index (χ0) is 14.8. The highest BCUT2D eigenvalue weighted by atomic mass is 16.1. The predicted octanol–water partition coefficient (Wildman–Crippen LogP) is 1.46. The molecule has 0 aliphatic rings. The Labute approximate surface area is 121 Å². The average Bonchev–Trinajstić information content (AvgIpc) is 3.04. The Bertz CT molecular complexity index is 786. The lowest BCUT2D eigenvalue weighted by atomic mass is 10.1. The van der Waals surface area contributed by atoms with E-state index in [0.717, 1.165) is 16.6 Å². The number of nitrogen functional groups attached to an aromatic ring is 1. The lowest BCUT2D eigenvalue weighted by Crippen LogP contribution is -2.25. The largest absolute Gasteiger partial charge is 0.399 e. The molecule has 6 nitrogen and oxygen atoms in total. The second-order valence-electron chi connectivity index (χ2n) is 4.99. The van der Waals surface area contributed by atoms with Gasteiger partial charge in [-0.25, -0.2) is 0 Å². The smallest absolute Gasteiger partial charge is 0.253 e. The number of aromatic nitrogens is 3. The van der Waals surface area contributed by atoms with Crippen LogP contribution in [0.2, 0.25) is 0 Å². The number of hydrogen-bond donors (Lipinski definition) is 3. The molecule has 2 heterocycles. The van der Waals surface area contributed by atoms with Gasteiger partial charge in [-0.15, -0.1) is 0 Å². The number of fused-ring (bicyclic) bond motifs is 1. The number of aromatic amines is 1. The molecule has 0 radical (unpaired) electrons. The molecule has 0 aliphatic heterocycles. The number of aryl methyl sites for hydroxylation is 1. The van der Waals surface area contributed by atoms with E-state index in [0.29, 0.717) is 24.2 Å². The highest BCUT2D eigenvalue weighted by molar-refractivity contribution is 6.07. The van der Waals surface area contributed by atoms with Gasteiger partial charge in [-0.3, -0.25) is 9.48 Å². The van der Waals surface area contributed by atoms with Crippen LogP contribution in [0, 0.1) is 0 Å². The Balaban J connectivity index is 1.66. The molecule has 0 spiro atoms. The summed E-state index contributed by atoms with van der Waals surface area (Å²) in [6.45, 7) is 0.553. The second-order valence-corrected chi connectivity index (χ2v) is 4.99. The Kier molecular flexibility index (Phi) is 3.35. The van der Waals surface area contributed by atoms with Crippen LogP contribution >= 0.6 is 0 Å². The highest BCUT2D eigenvalue weighted by Crippen LogP contribution is 2.20. The van der Waals surface area contributed by atoms with E-state index in [2.05, 4.69) is 15.4 Å². The van der Waals surface area contributed by atoms with Crippen LogP contribution in [0.25, 0.3) is 10.9 Å². The summed E-state index contributed by atoms with van der Waals surface area (Å²) in [5.41, 5.74) is 8.86. The van der Waals surface area contributed by atoms with Crippen LogP contribution < -0.4 is 11.1 Å². The third-order valence-corrected chi connectivity index (χ3v) is 3.39. The molecule has 6 heteroatoms. The Hall–Kier alpha value is -2.76. The number of H-pyrrole nitrogens is 1. The molecule has 1 amide bonds. The standard InChI is InChI=1S/C15H17N5O/c1-20-7-5-11(19-20)4-6-17-15(21)13-9-18-14-8-10(16)2-3-12(13)14/h2-3,5,7-9,18H,4,6,16H2,1H3,(H,17,21). The second kappa shape index (κ2) is 5.32. The van der Waals surface area contributed by atoms with E-state index in [4.69, 9.17) is 5.73 Å². The Morgan fingerprint density at radius 2 is 2.29 bits per heavy atom. The first-order valence-electron chi connectivity index (χ1n) is 6.77. The van der Waals surface area contributed by atoms with E-state index >= 15 is 0 Å². The molecule has 0 bridgehead atoms. The van der Waals surface area contributed by atoms with E-state index in [1.54, 1.807) is 16.9 Å². The van der Waals surface area contributed by atoms with Gasteiger partial charge in [0.25, 0.3) is 5.91 Å². The number of nitrogens with two attached hydrogens (primary N) is 1. The summed E-state index contributed by atoms with van der Waals surface area (Å²) in [7, 11) is 1.87. The normalized spacial score (nSPS) is 10.9. The van der Waals surface area contributed by atoms with Crippen molar-refractivity contribution in [3.05, 3.63) is 47.9 Å². The van der Waals surface area contributed by atoms with E-state index in [1.807, 2.05) is 31.4 Å². The maximum Gasteiger partial charge on any atom is 0.253 e. The minimum Gasteiger partial charge on any atom is -0.399 e. The monoisotopic (exact) mass is 283 g/mol. The highest BCUT2D eigenvalue weighted by Gasteiger charge is 2.11. The van der Waals surface area contributed by atoms with Crippen molar-refractivity contribution >= 4 is 22.5 Å². The van der Waals surface area contributed by atoms with E-state index in [9.17, 15) is 4.79 Å². The molecule has 0 fully saturated rings. The lowest BCUT2D eigenvalue weighted by molar-refractivity contribution is 0.0956. The number of amides is 1. The maximum absolute atomic E-state index is 12.2. The van der Waals surface area contributed by atoms with Gasteiger partial charge in [0.2, 0.25) is 0 Å². The fourth-order valence-electron chi connectivity index (χ4n) is 2.33. The molecule has 3 aromatic rings. The molecule has 2 aromatic heterocycles. The maximum atomic E-state index is 12.2. The third kappa shape index (κ3) is 2.74. The van der Waals surface area contributed by atoms with Crippen LogP contribution in [-0.2, 0) is 13.5 Å². The molecule has 3 rings (SSSR count). The number of anilines is 1. The van der Waals surface area contributed by atoms with Crippen molar-refractivity contribution in [1.82, 2.24) is 20.1 Å². The Morgan fingerprint density at radius 1 is 1.43 bits per heavy atom. The van der Waals surface area contributed by atoms with Crippen molar-refractivity contribution in [1.29, 1.82) is 0 Å². The first-order valence-corrected chi connectivity index (χ1v) is 6.77. The molecule has 0 saturated heterocycles. The zero-order valence-electron chi connectivity index (χ0n) is 11.8. The first kappa shape index (κ1) is 13.2. The quantitative estimate of drug-likeness (QED) is 0.633. The summed E-state index contributed by atoms with van der Waals surface area (Å²) >= 11 is 0. The van der Waals surface area contributed by atoms with Crippen molar-refractivity contribution < 1.29 is 4.79 Å². The number of nitrogens with zero attached hydrogens (tertiary/aromatic N) is 2. The number of nitrogens with one attached hydrogen (secondary N) is 2. The first-order chi connectivity index (χ1) is 10.1. The summed E-state index contributed by atoms with van der Waals surface area (Å²) in [6.07, 6.45) is 4.31. The van der Waals surface area contributed by atoms with Crippen molar-refractivity contribution in [2.75, 3.05) is 12.3 Å². The van der Waals surface area contributed by atoms with Gasteiger partial charge in [0.1, 0.15) is 0 Å². The fourth-order valence-corrected chi connectivity index (χ4v) is 2.33. The van der Waals surface area contributed by atoms with Crippen LogP contribution in [0.4, 0.5) is 5.69 Å². The molecular weight excluding hydrogens is 266 g/mol. The van der Waals surface area contributed by atoms with Gasteiger partial charge in [0.15, 0.2) is 0 Å².